The van der Waals surface area contributed by atoms with Crippen molar-refractivity contribution in [2.45, 2.75) is 19.4 Å². The Morgan fingerprint density at radius 1 is 1.13 bits per heavy atom. The lowest BCUT2D eigenvalue weighted by Gasteiger charge is -2.40. The number of aromatic nitrogens is 6. The zero-order chi connectivity index (χ0) is 20.1. The van der Waals surface area contributed by atoms with Gasteiger partial charge >= 0.3 is 0 Å². The van der Waals surface area contributed by atoms with E-state index in [1.54, 1.807) is 23.8 Å². The number of nitrogens with two attached hydrogens (primary N) is 1. The van der Waals surface area contributed by atoms with Crippen LogP contribution in [0.3, 0.4) is 0 Å². The molecule has 1 aliphatic heterocycles. The highest BCUT2D eigenvalue weighted by Crippen LogP contribution is 2.35. The lowest BCUT2D eigenvalue weighted by Crippen LogP contribution is -2.45. The van der Waals surface area contributed by atoms with Crippen LogP contribution >= 0.6 is 25.1 Å². The molecule has 1 aromatic carbocycles. The van der Waals surface area contributed by atoms with Gasteiger partial charge in [0.1, 0.15) is 11.3 Å². The Kier molecular flexibility index (Phi) is 5.12. The van der Waals surface area contributed by atoms with Crippen LogP contribution in [0, 0.1) is 6.92 Å². The fourth-order valence-electron chi connectivity index (χ4n) is 3.60. The molecule has 11 heteroatoms. The Balaban J connectivity index is 0.00000218. The summed E-state index contributed by atoms with van der Waals surface area (Å²) in [5, 5.41) is 5.09. The maximum atomic E-state index is 13.4. The molecule has 0 spiro atoms. The van der Waals surface area contributed by atoms with E-state index in [-0.39, 0.29) is 31.0 Å². The Morgan fingerprint density at radius 3 is 2.57 bits per heavy atom. The van der Waals surface area contributed by atoms with Crippen LogP contribution in [-0.2, 0) is 0 Å². The number of rotatable bonds is 3. The third-order valence-corrected chi connectivity index (χ3v) is 5.31. The van der Waals surface area contributed by atoms with Crippen molar-refractivity contribution in [1.29, 1.82) is 0 Å². The normalized spacial score (nSPS) is 15.7. The molecule has 1 saturated heterocycles. The lowest BCUT2D eigenvalue weighted by molar-refractivity contribution is 0.418. The number of nitrogens with zero attached hydrogens (tertiary/aromatic N) is 7. The molecular formula is C19H19ClN8OS. The first-order valence-electron chi connectivity index (χ1n) is 9.13. The predicted octanol–water partition coefficient (Wildman–Crippen LogP) is 2.28. The standard InChI is InChI=1S/C19H17ClN8O.H2S/c1-11-22-18(21)24-19(23-11)26-9-8-14(26)16-25-27-10-7-13(20)15(27)17(29)28(16)12-5-3-2-4-6-12;/h2-7,10,14H,8-9H2,1H3,(H2,21,22,23,24);1H2/t14-;/m0./s1. The van der Waals surface area contributed by atoms with Crippen LogP contribution in [-0.4, -0.2) is 35.7 Å². The van der Waals surface area contributed by atoms with Gasteiger partial charge in [-0.25, -0.2) is 4.52 Å². The van der Waals surface area contributed by atoms with Crippen LogP contribution in [0.1, 0.15) is 24.1 Å². The number of halogens is 1. The second kappa shape index (κ2) is 7.62. The van der Waals surface area contributed by atoms with Crippen molar-refractivity contribution in [1.82, 2.24) is 29.1 Å². The first kappa shape index (κ1) is 20.2. The van der Waals surface area contributed by atoms with Gasteiger partial charge in [-0.05, 0) is 31.5 Å². The third-order valence-electron chi connectivity index (χ3n) is 5.00. The van der Waals surface area contributed by atoms with Crippen molar-refractivity contribution in [3.8, 4) is 5.69 Å². The van der Waals surface area contributed by atoms with E-state index in [0.717, 1.165) is 18.7 Å². The maximum Gasteiger partial charge on any atom is 0.284 e. The van der Waals surface area contributed by atoms with E-state index < -0.39 is 0 Å². The highest BCUT2D eigenvalue weighted by atomic mass is 35.5. The molecule has 0 saturated carbocycles. The summed E-state index contributed by atoms with van der Waals surface area (Å²) in [6, 6.07) is 10.9. The van der Waals surface area contributed by atoms with Crippen molar-refractivity contribution < 1.29 is 0 Å². The molecule has 1 aliphatic rings. The molecule has 3 aromatic heterocycles. The molecule has 9 nitrogen and oxygen atoms in total. The van der Waals surface area contributed by atoms with Crippen LogP contribution in [0.15, 0.2) is 47.4 Å². The summed E-state index contributed by atoms with van der Waals surface area (Å²) in [5.74, 6) is 1.77. The number of hydrogen-bond donors (Lipinski definition) is 1. The summed E-state index contributed by atoms with van der Waals surface area (Å²) >= 11 is 6.25. The van der Waals surface area contributed by atoms with Gasteiger partial charge in [-0.3, -0.25) is 9.36 Å². The summed E-state index contributed by atoms with van der Waals surface area (Å²) in [6.45, 7) is 2.49. The highest BCUT2D eigenvalue weighted by Gasteiger charge is 2.36. The lowest BCUT2D eigenvalue weighted by atomic mass is 10.0. The van der Waals surface area contributed by atoms with E-state index in [9.17, 15) is 4.79 Å². The monoisotopic (exact) mass is 442 g/mol. The highest BCUT2D eigenvalue weighted by molar-refractivity contribution is 7.59. The molecule has 0 radical (unpaired) electrons. The molecule has 0 amide bonds. The van der Waals surface area contributed by atoms with Crippen molar-refractivity contribution >= 4 is 42.5 Å². The van der Waals surface area contributed by atoms with Crippen molar-refractivity contribution in [2.24, 2.45) is 0 Å². The van der Waals surface area contributed by atoms with E-state index in [0.29, 0.717) is 28.1 Å². The molecule has 5 rings (SSSR count). The Labute approximate surface area is 183 Å². The largest absolute Gasteiger partial charge is 0.368 e. The summed E-state index contributed by atoms with van der Waals surface area (Å²) in [6.07, 6.45) is 2.48. The van der Waals surface area contributed by atoms with E-state index in [1.807, 2.05) is 35.2 Å². The van der Waals surface area contributed by atoms with E-state index in [1.165, 1.54) is 4.52 Å². The molecule has 4 aromatic rings. The summed E-state index contributed by atoms with van der Waals surface area (Å²) in [4.78, 5) is 28.0. The summed E-state index contributed by atoms with van der Waals surface area (Å²) in [5.41, 5.74) is 6.64. The number of nitrogen functional groups attached to an aromatic ring is 1. The number of benzene rings is 1. The Hall–Kier alpha value is -3.11. The fraction of sp³-hybridized carbons (Fsp3) is 0.211. The van der Waals surface area contributed by atoms with Gasteiger partial charge in [0.25, 0.3) is 5.56 Å². The minimum absolute atomic E-state index is 0. The molecule has 0 aliphatic carbocycles. The number of aryl methyl sites for hydroxylation is 1. The minimum Gasteiger partial charge on any atom is -0.368 e. The molecule has 154 valence electrons. The van der Waals surface area contributed by atoms with Gasteiger partial charge in [-0.2, -0.15) is 33.5 Å². The molecule has 2 N–H and O–H groups in total. The van der Waals surface area contributed by atoms with Crippen LogP contribution in [0.25, 0.3) is 11.2 Å². The van der Waals surface area contributed by atoms with Crippen molar-refractivity contribution in [3.63, 3.8) is 0 Å². The summed E-state index contributed by atoms with van der Waals surface area (Å²) in [7, 11) is 0. The van der Waals surface area contributed by atoms with Gasteiger partial charge in [0, 0.05) is 12.7 Å². The molecule has 1 fully saturated rings. The molecule has 4 heterocycles. The molecule has 30 heavy (non-hydrogen) atoms. The smallest absolute Gasteiger partial charge is 0.284 e. The molecule has 0 bridgehead atoms. The number of fused-ring (bicyclic) bond motifs is 1. The van der Waals surface area contributed by atoms with Gasteiger partial charge in [0.05, 0.1) is 16.8 Å². The average Bonchev–Trinajstić information content (AvgIpc) is 3.02. The van der Waals surface area contributed by atoms with Crippen LogP contribution in [0.4, 0.5) is 11.9 Å². The SMILES string of the molecule is Cc1nc(N)nc(N2CC[C@H]2c2nn3ccc(Cl)c3c(=O)n2-c2ccccc2)n1.S. The summed E-state index contributed by atoms with van der Waals surface area (Å²) < 4.78 is 3.14. The van der Waals surface area contributed by atoms with E-state index in [4.69, 9.17) is 22.4 Å². The van der Waals surface area contributed by atoms with Crippen molar-refractivity contribution in [2.75, 3.05) is 17.2 Å². The second-order valence-electron chi connectivity index (χ2n) is 6.83. The fourth-order valence-corrected chi connectivity index (χ4v) is 3.83. The zero-order valence-electron chi connectivity index (χ0n) is 16.0. The quantitative estimate of drug-likeness (QED) is 0.518. The van der Waals surface area contributed by atoms with Gasteiger partial charge in [-0.1, -0.05) is 29.8 Å². The second-order valence-corrected chi connectivity index (χ2v) is 7.24. The number of hydrogen-bond acceptors (Lipinski definition) is 7. The van der Waals surface area contributed by atoms with E-state index >= 15 is 0 Å². The maximum absolute atomic E-state index is 13.4. The Bertz CT molecular complexity index is 1270. The molecule has 1 atom stereocenters. The first-order chi connectivity index (χ1) is 14.0. The average molecular weight is 443 g/mol. The van der Waals surface area contributed by atoms with Crippen molar-refractivity contribution in [3.05, 3.63) is 69.6 Å². The van der Waals surface area contributed by atoms with Crippen LogP contribution in [0.2, 0.25) is 5.02 Å². The Morgan fingerprint density at radius 2 is 1.90 bits per heavy atom. The predicted molar refractivity (Wildman–Crippen MR) is 120 cm³/mol. The van der Waals surface area contributed by atoms with Crippen LogP contribution in [0.5, 0.6) is 0 Å². The third kappa shape index (κ3) is 3.17. The van der Waals surface area contributed by atoms with Gasteiger partial charge in [-0.15, -0.1) is 0 Å². The number of anilines is 2. The molecule has 0 unspecified atom stereocenters. The minimum atomic E-state index is -0.227. The van der Waals surface area contributed by atoms with Gasteiger partial charge in [0.15, 0.2) is 5.82 Å². The topological polar surface area (TPSA) is 107 Å². The molecular weight excluding hydrogens is 424 g/mol. The number of para-hydroxylation sites is 1. The zero-order valence-corrected chi connectivity index (χ0v) is 17.8. The van der Waals surface area contributed by atoms with Crippen LogP contribution < -0.4 is 16.2 Å². The first-order valence-corrected chi connectivity index (χ1v) is 9.51. The van der Waals surface area contributed by atoms with Gasteiger partial charge in [0.2, 0.25) is 11.9 Å². The van der Waals surface area contributed by atoms with E-state index in [2.05, 4.69) is 15.0 Å². The van der Waals surface area contributed by atoms with Gasteiger partial charge < -0.3 is 10.6 Å².